The quantitative estimate of drug-likeness (QED) is 0.588. The van der Waals surface area contributed by atoms with Crippen LogP contribution in [0.5, 0.6) is 0 Å². The summed E-state index contributed by atoms with van der Waals surface area (Å²) in [5.74, 6) is 0.797. The molecule has 1 aliphatic heterocycles. The van der Waals surface area contributed by atoms with Gasteiger partial charge in [-0.2, -0.15) is 0 Å². The summed E-state index contributed by atoms with van der Waals surface area (Å²) in [5, 5.41) is 0. The van der Waals surface area contributed by atoms with E-state index in [0.717, 1.165) is 32.3 Å². The fraction of sp³-hybridized carbons (Fsp3) is 1.00. The molecule has 2 nitrogen and oxygen atoms in total. The molecule has 1 rings (SSSR count). The molecule has 0 amide bonds. The minimum Gasteiger partial charge on any atom is -0.381 e. The maximum Gasteiger partial charge on any atom is 0.0566 e. The Labute approximate surface area is 88.0 Å². The first-order chi connectivity index (χ1) is 6.68. The normalized spacial score (nSPS) is 19.7. The molecule has 0 saturated carbocycles. The van der Waals surface area contributed by atoms with E-state index in [-0.39, 0.29) is 0 Å². The zero-order valence-corrected chi connectivity index (χ0v) is 9.84. The Morgan fingerprint density at radius 1 is 1.36 bits per heavy atom. The first-order valence-corrected chi connectivity index (χ1v) is 5.84. The smallest absolute Gasteiger partial charge is 0.0566 e. The van der Waals surface area contributed by atoms with Crippen molar-refractivity contribution in [2.45, 2.75) is 40.0 Å². The second kappa shape index (κ2) is 5.72. The lowest BCUT2D eigenvalue weighted by molar-refractivity contribution is -0.150. The minimum atomic E-state index is 0.359. The summed E-state index contributed by atoms with van der Waals surface area (Å²) in [5.41, 5.74) is 0.359. The highest BCUT2D eigenvalue weighted by molar-refractivity contribution is 4.83. The van der Waals surface area contributed by atoms with E-state index in [1.165, 1.54) is 19.3 Å². The second-order valence-corrected chi connectivity index (χ2v) is 4.94. The summed E-state index contributed by atoms with van der Waals surface area (Å²) >= 11 is 0. The molecule has 0 atom stereocenters. The van der Waals surface area contributed by atoms with Crippen molar-refractivity contribution in [3.63, 3.8) is 0 Å². The number of ether oxygens (including phenoxy) is 2. The molecule has 84 valence electrons. The van der Waals surface area contributed by atoms with Gasteiger partial charge in [-0.15, -0.1) is 0 Å². The highest BCUT2D eigenvalue weighted by Gasteiger charge is 2.36. The molecular weight excluding hydrogens is 176 g/mol. The van der Waals surface area contributed by atoms with Crippen LogP contribution < -0.4 is 0 Å². The van der Waals surface area contributed by atoms with Gasteiger partial charge >= 0.3 is 0 Å². The summed E-state index contributed by atoms with van der Waals surface area (Å²) in [4.78, 5) is 0. The van der Waals surface area contributed by atoms with E-state index in [1.807, 2.05) is 0 Å². The predicted octanol–water partition coefficient (Wildman–Crippen LogP) is 2.87. The zero-order chi connectivity index (χ0) is 10.4. The molecule has 0 unspecified atom stereocenters. The van der Waals surface area contributed by atoms with E-state index < -0.39 is 0 Å². The average molecular weight is 200 g/mol. The monoisotopic (exact) mass is 200 g/mol. The molecular formula is C12H24O2. The van der Waals surface area contributed by atoms with E-state index in [2.05, 4.69) is 20.8 Å². The lowest BCUT2D eigenvalue weighted by atomic mass is 9.84. The van der Waals surface area contributed by atoms with Crippen LogP contribution in [0.3, 0.4) is 0 Å². The molecule has 0 aromatic rings. The number of hydrogen-bond donors (Lipinski definition) is 0. The van der Waals surface area contributed by atoms with Crippen LogP contribution in [0.1, 0.15) is 40.0 Å². The van der Waals surface area contributed by atoms with Gasteiger partial charge in [0, 0.05) is 12.0 Å². The summed E-state index contributed by atoms with van der Waals surface area (Å²) in [6.07, 6.45) is 3.64. The third kappa shape index (κ3) is 3.58. The van der Waals surface area contributed by atoms with E-state index in [0.29, 0.717) is 5.41 Å². The Morgan fingerprint density at radius 3 is 2.50 bits per heavy atom. The minimum absolute atomic E-state index is 0.359. The van der Waals surface area contributed by atoms with Gasteiger partial charge in [0.2, 0.25) is 0 Å². The summed E-state index contributed by atoms with van der Waals surface area (Å²) < 4.78 is 10.9. The second-order valence-electron chi connectivity index (χ2n) is 4.94. The van der Waals surface area contributed by atoms with E-state index in [1.54, 1.807) is 0 Å². The van der Waals surface area contributed by atoms with Gasteiger partial charge in [-0.1, -0.05) is 20.8 Å². The summed E-state index contributed by atoms with van der Waals surface area (Å²) in [7, 11) is 0. The summed E-state index contributed by atoms with van der Waals surface area (Å²) in [6.45, 7) is 10.3. The standard InChI is InChI=1S/C12H24O2/c1-4-12(9-14-10-12)8-13-7-5-6-11(2)3/h11H,4-10H2,1-3H3. The third-order valence-corrected chi connectivity index (χ3v) is 3.04. The van der Waals surface area contributed by atoms with Crippen molar-refractivity contribution in [3.8, 4) is 0 Å². The average Bonchev–Trinajstić information content (AvgIpc) is 2.08. The van der Waals surface area contributed by atoms with Gasteiger partial charge in [-0.3, -0.25) is 0 Å². The highest BCUT2D eigenvalue weighted by Crippen LogP contribution is 2.31. The summed E-state index contributed by atoms with van der Waals surface area (Å²) in [6, 6.07) is 0. The Hall–Kier alpha value is -0.0800. The van der Waals surface area contributed by atoms with Crippen LogP contribution in [0.4, 0.5) is 0 Å². The largest absolute Gasteiger partial charge is 0.381 e. The molecule has 0 aromatic carbocycles. The highest BCUT2D eigenvalue weighted by atomic mass is 16.5. The first-order valence-electron chi connectivity index (χ1n) is 5.84. The van der Waals surface area contributed by atoms with Crippen LogP contribution in [-0.2, 0) is 9.47 Å². The Morgan fingerprint density at radius 2 is 2.07 bits per heavy atom. The SMILES string of the molecule is CCC1(COCCCC(C)C)COC1. The van der Waals surface area contributed by atoms with Crippen LogP contribution in [0.25, 0.3) is 0 Å². The Balaban J connectivity index is 1.97. The molecule has 0 spiro atoms. The van der Waals surface area contributed by atoms with Gasteiger partial charge in [0.05, 0.1) is 19.8 Å². The molecule has 14 heavy (non-hydrogen) atoms. The molecule has 1 heterocycles. The van der Waals surface area contributed by atoms with Crippen LogP contribution in [0.2, 0.25) is 0 Å². The van der Waals surface area contributed by atoms with Gasteiger partial charge in [-0.25, -0.2) is 0 Å². The predicted molar refractivity (Wildman–Crippen MR) is 58.4 cm³/mol. The fourth-order valence-electron chi connectivity index (χ4n) is 1.66. The van der Waals surface area contributed by atoms with E-state index in [4.69, 9.17) is 9.47 Å². The maximum atomic E-state index is 5.70. The van der Waals surface area contributed by atoms with E-state index in [9.17, 15) is 0 Å². The lowest BCUT2D eigenvalue weighted by Gasteiger charge is -2.40. The Bertz CT molecular complexity index is 145. The van der Waals surface area contributed by atoms with Crippen LogP contribution in [0, 0.1) is 11.3 Å². The fourth-order valence-corrected chi connectivity index (χ4v) is 1.66. The maximum absolute atomic E-state index is 5.70. The molecule has 0 N–H and O–H groups in total. The van der Waals surface area contributed by atoms with Gasteiger partial charge in [0.25, 0.3) is 0 Å². The number of hydrogen-bond acceptors (Lipinski definition) is 2. The molecule has 2 heteroatoms. The van der Waals surface area contributed by atoms with Crippen molar-refractivity contribution in [2.75, 3.05) is 26.4 Å². The van der Waals surface area contributed by atoms with Crippen molar-refractivity contribution >= 4 is 0 Å². The topological polar surface area (TPSA) is 18.5 Å². The Kier molecular flexibility index (Phi) is 4.90. The van der Waals surface area contributed by atoms with Crippen molar-refractivity contribution in [2.24, 2.45) is 11.3 Å². The van der Waals surface area contributed by atoms with Crippen molar-refractivity contribution in [1.82, 2.24) is 0 Å². The molecule has 1 saturated heterocycles. The molecule has 1 fully saturated rings. The molecule has 0 radical (unpaired) electrons. The molecule has 0 aliphatic carbocycles. The van der Waals surface area contributed by atoms with Gasteiger partial charge in [0.15, 0.2) is 0 Å². The van der Waals surface area contributed by atoms with Gasteiger partial charge < -0.3 is 9.47 Å². The van der Waals surface area contributed by atoms with Gasteiger partial charge in [0.1, 0.15) is 0 Å². The molecule has 0 bridgehead atoms. The van der Waals surface area contributed by atoms with Gasteiger partial charge in [-0.05, 0) is 25.2 Å². The van der Waals surface area contributed by atoms with Crippen LogP contribution in [-0.4, -0.2) is 26.4 Å². The van der Waals surface area contributed by atoms with Crippen molar-refractivity contribution in [1.29, 1.82) is 0 Å². The van der Waals surface area contributed by atoms with E-state index >= 15 is 0 Å². The van der Waals surface area contributed by atoms with Crippen molar-refractivity contribution < 1.29 is 9.47 Å². The third-order valence-electron chi connectivity index (χ3n) is 3.04. The molecule has 1 aliphatic rings. The van der Waals surface area contributed by atoms with Crippen molar-refractivity contribution in [3.05, 3.63) is 0 Å². The molecule has 0 aromatic heterocycles. The van der Waals surface area contributed by atoms with Crippen LogP contribution >= 0.6 is 0 Å². The lowest BCUT2D eigenvalue weighted by Crippen LogP contribution is -2.45. The number of rotatable bonds is 7. The zero-order valence-electron chi connectivity index (χ0n) is 9.84. The van der Waals surface area contributed by atoms with Crippen LogP contribution in [0.15, 0.2) is 0 Å². The first kappa shape index (κ1) is 12.0.